The Labute approximate surface area is 189 Å². The molecule has 3 aromatic rings. The van der Waals surface area contributed by atoms with Crippen molar-refractivity contribution < 1.29 is 15.0 Å². The molecule has 5 rings (SSSR count). The zero-order valence-electron chi connectivity index (χ0n) is 18.2. The first-order chi connectivity index (χ1) is 15.5. The second kappa shape index (κ2) is 8.53. The van der Waals surface area contributed by atoms with E-state index in [0.29, 0.717) is 24.8 Å². The number of hydrogen-bond donors (Lipinski definition) is 2. The lowest BCUT2D eigenvalue weighted by Crippen LogP contribution is -2.34. The first-order valence-corrected chi connectivity index (χ1v) is 11.4. The molecule has 0 unspecified atom stereocenters. The number of aliphatic hydroxyl groups is 1. The van der Waals surface area contributed by atoms with Crippen LogP contribution in [0.2, 0.25) is 0 Å². The first-order valence-electron chi connectivity index (χ1n) is 11.4. The van der Waals surface area contributed by atoms with Crippen molar-refractivity contribution >= 4 is 5.78 Å². The van der Waals surface area contributed by atoms with Crippen LogP contribution in [0.4, 0.5) is 0 Å². The zero-order chi connectivity index (χ0) is 22.1. The van der Waals surface area contributed by atoms with E-state index in [4.69, 9.17) is 0 Å². The molecule has 3 aromatic carbocycles. The lowest BCUT2D eigenvalue weighted by Gasteiger charge is -2.26. The van der Waals surface area contributed by atoms with Gasteiger partial charge in [-0.25, -0.2) is 0 Å². The monoisotopic (exact) mass is 427 g/mol. The van der Waals surface area contributed by atoms with Gasteiger partial charge in [0, 0.05) is 25.1 Å². The number of nitrogens with zero attached hydrogens (tertiary/aromatic N) is 1. The molecule has 0 radical (unpaired) electrons. The highest BCUT2D eigenvalue weighted by molar-refractivity contribution is 5.98. The largest absolute Gasteiger partial charge is 0.508 e. The van der Waals surface area contributed by atoms with Crippen molar-refractivity contribution in [2.24, 2.45) is 11.8 Å². The highest BCUT2D eigenvalue weighted by Crippen LogP contribution is 2.45. The van der Waals surface area contributed by atoms with Crippen molar-refractivity contribution in [1.29, 1.82) is 0 Å². The first kappa shape index (κ1) is 20.9. The molecule has 1 aliphatic carbocycles. The Hall–Kier alpha value is -2.95. The maximum atomic E-state index is 12.9. The fourth-order valence-corrected chi connectivity index (χ4v) is 5.60. The maximum absolute atomic E-state index is 12.9. The molecule has 2 fully saturated rings. The Morgan fingerprint density at radius 3 is 2.00 bits per heavy atom. The summed E-state index contributed by atoms with van der Waals surface area (Å²) in [5.74, 6) is 1.32. The van der Waals surface area contributed by atoms with E-state index in [0.717, 1.165) is 42.6 Å². The number of hydrogen-bond acceptors (Lipinski definition) is 4. The molecule has 4 heteroatoms. The third-order valence-corrected chi connectivity index (χ3v) is 7.09. The summed E-state index contributed by atoms with van der Waals surface area (Å²) >= 11 is 0. The summed E-state index contributed by atoms with van der Waals surface area (Å²) in [6.45, 7) is 2.21. The molecule has 0 amide bonds. The summed E-state index contributed by atoms with van der Waals surface area (Å²) in [6, 6.07) is 25.0. The van der Waals surface area contributed by atoms with Crippen LogP contribution in [0.25, 0.3) is 11.1 Å². The number of fused-ring (bicyclic) bond motifs is 1. The lowest BCUT2D eigenvalue weighted by atomic mass is 9.91. The minimum Gasteiger partial charge on any atom is -0.508 e. The number of Topliss-reactive ketones (excluding diaryl/α,β-unsaturated/α-hetero) is 1. The number of phenolic OH excluding ortho intramolecular Hbond substituents is 1. The van der Waals surface area contributed by atoms with Gasteiger partial charge < -0.3 is 10.2 Å². The van der Waals surface area contributed by atoms with Crippen molar-refractivity contribution in [2.45, 2.75) is 24.9 Å². The highest BCUT2D eigenvalue weighted by Gasteiger charge is 2.48. The summed E-state index contributed by atoms with van der Waals surface area (Å²) in [5, 5.41) is 20.6. The van der Waals surface area contributed by atoms with Crippen LogP contribution in [-0.4, -0.2) is 46.1 Å². The van der Waals surface area contributed by atoms with Gasteiger partial charge in [-0.3, -0.25) is 9.69 Å². The van der Waals surface area contributed by atoms with Crippen molar-refractivity contribution in [3.8, 4) is 16.9 Å². The molecule has 2 N–H and O–H groups in total. The average molecular weight is 428 g/mol. The van der Waals surface area contributed by atoms with Gasteiger partial charge in [-0.1, -0.05) is 66.7 Å². The SMILES string of the molecule is O=C(CN1C[C@@H]2C[C@@](O)(Cc3ccccc3)C[C@@H]2C1)c1ccc(-c2ccc(O)cc2)cc1. The van der Waals surface area contributed by atoms with Crippen molar-refractivity contribution in [3.63, 3.8) is 0 Å². The molecule has 0 aromatic heterocycles. The summed E-state index contributed by atoms with van der Waals surface area (Å²) in [6.07, 6.45) is 2.35. The van der Waals surface area contributed by atoms with Gasteiger partial charge in [0.15, 0.2) is 5.78 Å². The third kappa shape index (κ3) is 4.47. The van der Waals surface area contributed by atoms with Crippen molar-refractivity contribution in [1.82, 2.24) is 4.90 Å². The van der Waals surface area contributed by atoms with Gasteiger partial charge in [0.05, 0.1) is 12.1 Å². The standard InChI is InChI=1S/C28H29NO3/c30-26-12-10-22(11-13-26)21-6-8-23(9-7-21)27(31)19-29-17-24-15-28(32,16-25(24)18-29)14-20-4-2-1-3-5-20/h1-13,24-25,30,32H,14-19H2/t24-,25+,28-. The molecular formula is C28H29NO3. The topological polar surface area (TPSA) is 60.8 Å². The van der Waals surface area contributed by atoms with Gasteiger partial charge in [0.1, 0.15) is 5.75 Å². The molecule has 0 spiro atoms. The van der Waals surface area contributed by atoms with Crippen LogP contribution in [0.5, 0.6) is 5.75 Å². The Kier molecular flexibility index (Phi) is 5.58. The summed E-state index contributed by atoms with van der Waals surface area (Å²) in [7, 11) is 0. The molecule has 164 valence electrons. The predicted octanol–water partition coefficient (Wildman–Crippen LogP) is 4.56. The normalized spacial score (nSPS) is 25.0. The maximum Gasteiger partial charge on any atom is 0.176 e. The number of phenols is 1. The van der Waals surface area contributed by atoms with E-state index >= 15 is 0 Å². The van der Waals surface area contributed by atoms with Gasteiger partial charge in [-0.05, 0) is 53.5 Å². The molecule has 0 bridgehead atoms. The minimum atomic E-state index is -0.614. The molecule has 1 saturated carbocycles. The number of benzene rings is 3. The van der Waals surface area contributed by atoms with E-state index in [1.807, 2.05) is 54.6 Å². The van der Waals surface area contributed by atoms with E-state index in [-0.39, 0.29) is 11.5 Å². The Morgan fingerprint density at radius 2 is 1.41 bits per heavy atom. The van der Waals surface area contributed by atoms with Crippen LogP contribution >= 0.6 is 0 Å². The fourth-order valence-electron chi connectivity index (χ4n) is 5.60. The van der Waals surface area contributed by atoms with E-state index in [1.54, 1.807) is 12.1 Å². The second-order valence-electron chi connectivity index (χ2n) is 9.56. The van der Waals surface area contributed by atoms with Crippen LogP contribution in [0, 0.1) is 11.8 Å². The van der Waals surface area contributed by atoms with E-state index < -0.39 is 5.60 Å². The third-order valence-electron chi connectivity index (χ3n) is 7.09. The second-order valence-corrected chi connectivity index (χ2v) is 9.56. The highest BCUT2D eigenvalue weighted by atomic mass is 16.3. The minimum absolute atomic E-state index is 0.141. The molecule has 1 heterocycles. The van der Waals surface area contributed by atoms with Crippen molar-refractivity contribution in [2.75, 3.05) is 19.6 Å². The summed E-state index contributed by atoms with van der Waals surface area (Å²) in [5.41, 5.74) is 3.34. The molecule has 1 aliphatic heterocycles. The number of carbonyl (C=O) groups is 1. The Balaban J connectivity index is 1.16. The van der Waals surface area contributed by atoms with Gasteiger partial charge in [0.25, 0.3) is 0 Å². The molecule has 4 nitrogen and oxygen atoms in total. The van der Waals surface area contributed by atoms with E-state index in [1.165, 1.54) is 5.56 Å². The quantitative estimate of drug-likeness (QED) is 0.567. The molecular weight excluding hydrogens is 398 g/mol. The fraction of sp³-hybridized carbons (Fsp3) is 0.321. The van der Waals surface area contributed by atoms with Crippen LogP contribution in [0.3, 0.4) is 0 Å². The molecule has 32 heavy (non-hydrogen) atoms. The van der Waals surface area contributed by atoms with Crippen LogP contribution < -0.4 is 0 Å². The number of ketones is 1. The van der Waals surface area contributed by atoms with E-state index in [2.05, 4.69) is 17.0 Å². The lowest BCUT2D eigenvalue weighted by molar-refractivity contribution is 0.0355. The predicted molar refractivity (Wildman–Crippen MR) is 126 cm³/mol. The molecule has 2 aliphatic rings. The smallest absolute Gasteiger partial charge is 0.176 e. The number of rotatable bonds is 6. The Morgan fingerprint density at radius 1 is 0.844 bits per heavy atom. The van der Waals surface area contributed by atoms with Gasteiger partial charge in [-0.15, -0.1) is 0 Å². The van der Waals surface area contributed by atoms with Gasteiger partial charge in [0.2, 0.25) is 0 Å². The average Bonchev–Trinajstić information content (AvgIpc) is 3.28. The van der Waals surface area contributed by atoms with Gasteiger partial charge in [-0.2, -0.15) is 0 Å². The van der Waals surface area contributed by atoms with Crippen molar-refractivity contribution in [3.05, 3.63) is 90.0 Å². The number of aromatic hydroxyl groups is 1. The molecule has 3 atom stereocenters. The van der Waals surface area contributed by atoms with Gasteiger partial charge >= 0.3 is 0 Å². The van der Waals surface area contributed by atoms with E-state index in [9.17, 15) is 15.0 Å². The Bertz CT molecular complexity index is 1060. The summed E-state index contributed by atoms with van der Waals surface area (Å²) < 4.78 is 0. The molecule has 1 saturated heterocycles. The summed E-state index contributed by atoms with van der Waals surface area (Å²) in [4.78, 5) is 15.1. The number of likely N-dealkylation sites (tertiary alicyclic amines) is 1. The number of carbonyl (C=O) groups excluding carboxylic acids is 1. The van der Waals surface area contributed by atoms with Crippen LogP contribution in [0.15, 0.2) is 78.9 Å². The van der Waals surface area contributed by atoms with Crippen LogP contribution in [0.1, 0.15) is 28.8 Å². The van der Waals surface area contributed by atoms with Crippen LogP contribution in [-0.2, 0) is 6.42 Å². The zero-order valence-corrected chi connectivity index (χ0v) is 18.2.